The first kappa shape index (κ1) is 14.2. The van der Waals surface area contributed by atoms with E-state index in [9.17, 15) is 8.42 Å². The molecule has 3 rings (SSSR count). The van der Waals surface area contributed by atoms with E-state index in [0.29, 0.717) is 11.8 Å². The SMILES string of the molecule is CN(Cc1cnn(C)c1)S(=O)(=O)Cc1noc(C2CC2)n1. The smallest absolute Gasteiger partial charge is 0.229 e. The van der Waals surface area contributed by atoms with Crippen molar-refractivity contribution in [3.8, 4) is 0 Å². The van der Waals surface area contributed by atoms with Crippen LogP contribution in [0.4, 0.5) is 0 Å². The van der Waals surface area contributed by atoms with Crippen LogP contribution in [0.25, 0.3) is 0 Å². The molecule has 0 unspecified atom stereocenters. The second-order valence-corrected chi connectivity index (χ2v) is 7.43. The van der Waals surface area contributed by atoms with Gasteiger partial charge in [0, 0.05) is 38.3 Å². The summed E-state index contributed by atoms with van der Waals surface area (Å²) in [6.45, 7) is 0.267. The summed E-state index contributed by atoms with van der Waals surface area (Å²) in [4.78, 5) is 4.15. The van der Waals surface area contributed by atoms with E-state index in [4.69, 9.17) is 4.52 Å². The molecule has 9 heteroatoms. The summed E-state index contributed by atoms with van der Waals surface area (Å²) in [6.07, 6.45) is 5.50. The Morgan fingerprint density at radius 3 is 2.86 bits per heavy atom. The van der Waals surface area contributed by atoms with E-state index in [1.807, 2.05) is 0 Å². The fourth-order valence-electron chi connectivity index (χ4n) is 2.00. The van der Waals surface area contributed by atoms with Crippen LogP contribution in [0.15, 0.2) is 16.9 Å². The quantitative estimate of drug-likeness (QED) is 0.777. The minimum atomic E-state index is -3.48. The highest BCUT2D eigenvalue weighted by Crippen LogP contribution is 2.38. The molecule has 0 aromatic carbocycles. The Morgan fingerprint density at radius 1 is 1.48 bits per heavy atom. The highest BCUT2D eigenvalue weighted by Gasteiger charge is 2.30. The largest absolute Gasteiger partial charge is 0.339 e. The lowest BCUT2D eigenvalue weighted by molar-refractivity contribution is 0.374. The van der Waals surface area contributed by atoms with E-state index in [0.717, 1.165) is 18.4 Å². The van der Waals surface area contributed by atoms with Crippen molar-refractivity contribution < 1.29 is 12.9 Å². The lowest BCUT2D eigenvalue weighted by Gasteiger charge is -2.14. The average Bonchev–Trinajstić information content (AvgIpc) is 3.04. The molecule has 1 aliphatic carbocycles. The van der Waals surface area contributed by atoms with Crippen molar-refractivity contribution in [1.82, 2.24) is 24.2 Å². The van der Waals surface area contributed by atoms with Crippen LogP contribution < -0.4 is 0 Å². The van der Waals surface area contributed by atoms with E-state index in [2.05, 4.69) is 15.2 Å². The summed E-state index contributed by atoms with van der Waals surface area (Å²) >= 11 is 0. The van der Waals surface area contributed by atoms with Gasteiger partial charge in [-0.05, 0) is 12.8 Å². The summed E-state index contributed by atoms with van der Waals surface area (Å²) in [5.41, 5.74) is 0.829. The normalized spacial score (nSPS) is 15.8. The van der Waals surface area contributed by atoms with Crippen molar-refractivity contribution in [2.45, 2.75) is 31.1 Å². The van der Waals surface area contributed by atoms with Crippen LogP contribution in [0.5, 0.6) is 0 Å². The van der Waals surface area contributed by atoms with Crippen LogP contribution in [-0.2, 0) is 29.4 Å². The van der Waals surface area contributed by atoms with Crippen molar-refractivity contribution in [3.05, 3.63) is 29.7 Å². The monoisotopic (exact) mass is 311 g/mol. The van der Waals surface area contributed by atoms with E-state index >= 15 is 0 Å². The Balaban J connectivity index is 1.66. The number of aryl methyl sites for hydroxylation is 1. The van der Waals surface area contributed by atoms with Crippen molar-refractivity contribution in [3.63, 3.8) is 0 Å². The second kappa shape index (κ2) is 5.23. The minimum absolute atomic E-state index is 0.218. The number of hydrogen-bond acceptors (Lipinski definition) is 6. The van der Waals surface area contributed by atoms with Crippen LogP contribution >= 0.6 is 0 Å². The van der Waals surface area contributed by atoms with Crippen molar-refractivity contribution >= 4 is 10.0 Å². The van der Waals surface area contributed by atoms with Gasteiger partial charge in [-0.2, -0.15) is 10.1 Å². The second-order valence-electron chi connectivity index (χ2n) is 5.36. The molecular weight excluding hydrogens is 294 g/mol. The Kier molecular flexibility index (Phi) is 3.54. The topological polar surface area (TPSA) is 94.1 Å². The van der Waals surface area contributed by atoms with E-state index < -0.39 is 10.0 Å². The van der Waals surface area contributed by atoms with Gasteiger partial charge in [0.05, 0.1) is 6.20 Å². The van der Waals surface area contributed by atoms with Gasteiger partial charge in [-0.15, -0.1) is 0 Å². The molecule has 0 atom stereocenters. The van der Waals surface area contributed by atoms with Gasteiger partial charge in [0.2, 0.25) is 15.9 Å². The Morgan fingerprint density at radius 2 is 2.24 bits per heavy atom. The van der Waals surface area contributed by atoms with Crippen LogP contribution in [0.2, 0.25) is 0 Å². The molecule has 1 fully saturated rings. The first-order chi connectivity index (χ1) is 9.94. The molecule has 0 N–H and O–H groups in total. The van der Waals surface area contributed by atoms with Gasteiger partial charge in [0.15, 0.2) is 5.82 Å². The maximum Gasteiger partial charge on any atom is 0.229 e. The molecule has 0 saturated heterocycles. The summed E-state index contributed by atoms with van der Waals surface area (Å²) in [5, 5.41) is 7.77. The zero-order valence-electron chi connectivity index (χ0n) is 11.9. The van der Waals surface area contributed by atoms with Gasteiger partial charge in [0.1, 0.15) is 5.75 Å². The first-order valence-corrected chi connectivity index (χ1v) is 8.29. The number of nitrogens with zero attached hydrogens (tertiary/aromatic N) is 5. The molecule has 0 bridgehead atoms. The number of aromatic nitrogens is 4. The van der Waals surface area contributed by atoms with Gasteiger partial charge >= 0.3 is 0 Å². The number of sulfonamides is 1. The predicted octanol–water partition coefficient (Wildman–Crippen LogP) is 0.642. The summed E-state index contributed by atoms with van der Waals surface area (Å²) in [7, 11) is -0.163. The average molecular weight is 311 g/mol. The molecule has 0 amide bonds. The fourth-order valence-corrected chi connectivity index (χ4v) is 3.01. The predicted molar refractivity (Wildman–Crippen MR) is 73.6 cm³/mol. The zero-order valence-corrected chi connectivity index (χ0v) is 12.7. The molecule has 1 saturated carbocycles. The maximum atomic E-state index is 12.3. The van der Waals surface area contributed by atoms with E-state index in [1.54, 1.807) is 24.1 Å². The van der Waals surface area contributed by atoms with Gasteiger partial charge in [-0.3, -0.25) is 4.68 Å². The van der Waals surface area contributed by atoms with E-state index in [-0.39, 0.29) is 18.1 Å². The summed E-state index contributed by atoms with van der Waals surface area (Å²) in [6, 6.07) is 0. The maximum absolute atomic E-state index is 12.3. The molecule has 0 radical (unpaired) electrons. The minimum Gasteiger partial charge on any atom is -0.339 e. The molecule has 0 aliphatic heterocycles. The highest BCUT2D eigenvalue weighted by atomic mass is 32.2. The third kappa shape index (κ3) is 3.30. The first-order valence-electron chi connectivity index (χ1n) is 6.68. The molecule has 114 valence electrons. The molecule has 2 aromatic heterocycles. The standard InChI is InChI=1S/C12H17N5O3S/c1-16-6-9(5-13-16)7-17(2)21(18,19)8-11-14-12(20-15-11)10-3-4-10/h5-6,10H,3-4,7-8H2,1-2H3. The molecule has 0 spiro atoms. The van der Waals surface area contributed by atoms with Crippen LogP contribution in [-0.4, -0.2) is 39.7 Å². The summed E-state index contributed by atoms with van der Waals surface area (Å²) in [5.74, 6) is 0.840. The highest BCUT2D eigenvalue weighted by molar-refractivity contribution is 7.88. The van der Waals surface area contributed by atoms with Crippen LogP contribution in [0.1, 0.15) is 36.0 Å². The Labute approximate surface area is 122 Å². The lowest BCUT2D eigenvalue weighted by Crippen LogP contribution is -2.28. The molecule has 8 nitrogen and oxygen atoms in total. The molecule has 2 heterocycles. The molecule has 1 aliphatic rings. The molecule has 2 aromatic rings. The Bertz CT molecular complexity index is 732. The van der Waals surface area contributed by atoms with Crippen LogP contribution in [0, 0.1) is 0 Å². The zero-order chi connectivity index (χ0) is 15.0. The molecular formula is C12H17N5O3S. The molecule has 21 heavy (non-hydrogen) atoms. The van der Waals surface area contributed by atoms with Crippen molar-refractivity contribution in [2.24, 2.45) is 7.05 Å². The number of rotatable bonds is 6. The van der Waals surface area contributed by atoms with Gasteiger partial charge in [0.25, 0.3) is 0 Å². The summed E-state index contributed by atoms with van der Waals surface area (Å²) < 4.78 is 32.6. The lowest BCUT2D eigenvalue weighted by atomic mass is 10.4. The fraction of sp³-hybridized carbons (Fsp3) is 0.583. The Hall–Kier alpha value is -1.74. The third-order valence-corrected chi connectivity index (χ3v) is 5.06. The van der Waals surface area contributed by atoms with Gasteiger partial charge in [-0.1, -0.05) is 5.16 Å². The third-order valence-electron chi connectivity index (χ3n) is 3.36. The van der Waals surface area contributed by atoms with Gasteiger partial charge in [-0.25, -0.2) is 12.7 Å². The van der Waals surface area contributed by atoms with Gasteiger partial charge < -0.3 is 4.52 Å². The van der Waals surface area contributed by atoms with E-state index in [1.165, 1.54) is 11.4 Å². The number of hydrogen-bond donors (Lipinski definition) is 0. The van der Waals surface area contributed by atoms with Crippen molar-refractivity contribution in [1.29, 1.82) is 0 Å². The van der Waals surface area contributed by atoms with Crippen molar-refractivity contribution in [2.75, 3.05) is 7.05 Å². The van der Waals surface area contributed by atoms with Crippen LogP contribution in [0.3, 0.4) is 0 Å².